The van der Waals surface area contributed by atoms with Crippen LogP contribution in [0.15, 0.2) is 24.3 Å². The second-order valence-electron chi connectivity index (χ2n) is 6.53. The fourth-order valence-corrected chi connectivity index (χ4v) is 2.83. The van der Waals surface area contributed by atoms with Gasteiger partial charge in [0.2, 0.25) is 0 Å². The summed E-state index contributed by atoms with van der Waals surface area (Å²) in [7, 11) is 0. The topological polar surface area (TPSA) is 38.0 Å². The lowest BCUT2D eigenvalue weighted by Gasteiger charge is -2.12. The number of hydrogen-bond donors (Lipinski definition) is 2. The zero-order valence-corrected chi connectivity index (χ0v) is 14.8. The summed E-state index contributed by atoms with van der Waals surface area (Å²) in [6.45, 7) is 4.39. The molecule has 0 saturated carbocycles. The summed E-state index contributed by atoms with van der Waals surface area (Å²) in [5.74, 6) is -0.201. The zero-order chi connectivity index (χ0) is 16.8. The monoisotopic (exact) mass is 322 g/mol. The molecule has 0 amide bonds. The first kappa shape index (κ1) is 20.1. The maximum Gasteiger partial charge on any atom is 0.123 e. The van der Waals surface area contributed by atoms with Crippen LogP contribution >= 0.6 is 0 Å². The average molecular weight is 323 g/mol. The van der Waals surface area contributed by atoms with E-state index >= 15 is 0 Å². The van der Waals surface area contributed by atoms with Crippen molar-refractivity contribution in [1.29, 1.82) is 0 Å². The third-order valence-electron chi connectivity index (χ3n) is 4.37. The maximum absolute atomic E-state index is 12.9. The molecule has 2 nitrogen and oxygen atoms in total. The van der Waals surface area contributed by atoms with Crippen molar-refractivity contribution in [1.82, 2.24) is 5.32 Å². The first-order chi connectivity index (χ1) is 11.2. The summed E-state index contributed by atoms with van der Waals surface area (Å²) in [6, 6.07) is 6.55. The van der Waals surface area contributed by atoms with E-state index in [1.807, 2.05) is 0 Å². The summed E-state index contributed by atoms with van der Waals surface area (Å²) in [6.07, 6.45) is 12.9. The predicted octanol–water partition coefficient (Wildman–Crippen LogP) is 5.34. The molecule has 3 N–H and O–H groups in total. The van der Waals surface area contributed by atoms with Crippen LogP contribution in [-0.4, -0.2) is 13.1 Å². The molecule has 1 aromatic carbocycles. The van der Waals surface area contributed by atoms with E-state index < -0.39 is 0 Å². The lowest BCUT2D eigenvalue weighted by molar-refractivity contribution is 0.532. The van der Waals surface area contributed by atoms with Gasteiger partial charge in [0.15, 0.2) is 0 Å². The van der Waals surface area contributed by atoms with Gasteiger partial charge < -0.3 is 11.1 Å². The van der Waals surface area contributed by atoms with Gasteiger partial charge in [-0.3, -0.25) is 0 Å². The molecule has 0 radical (unpaired) electrons. The Morgan fingerprint density at radius 2 is 1.43 bits per heavy atom. The summed E-state index contributed by atoms with van der Waals surface area (Å²) in [5, 5.41) is 3.50. The minimum atomic E-state index is -0.201. The van der Waals surface area contributed by atoms with Crippen molar-refractivity contribution < 1.29 is 4.39 Å². The molecule has 0 heterocycles. The predicted molar refractivity (Wildman–Crippen MR) is 98.0 cm³/mol. The first-order valence-electron chi connectivity index (χ1n) is 9.45. The van der Waals surface area contributed by atoms with Crippen molar-refractivity contribution in [3.05, 3.63) is 35.6 Å². The first-order valence-corrected chi connectivity index (χ1v) is 9.45. The number of nitrogens with one attached hydrogen (secondary N) is 1. The third kappa shape index (κ3) is 10.5. The SMILES string of the molecule is CCCCCCCCCCNCCCC(N)c1ccc(F)cc1. The Labute approximate surface area is 142 Å². The highest BCUT2D eigenvalue weighted by Gasteiger charge is 2.05. The third-order valence-corrected chi connectivity index (χ3v) is 4.37. The van der Waals surface area contributed by atoms with Gasteiger partial charge in [0.25, 0.3) is 0 Å². The quantitative estimate of drug-likeness (QED) is 0.454. The summed E-state index contributed by atoms with van der Waals surface area (Å²) in [4.78, 5) is 0. The van der Waals surface area contributed by atoms with Crippen LogP contribution in [0, 0.1) is 5.82 Å². The molecule has 0 bridgehead atoms. The molecule has 3 heteroatoms. The van der Waals surface area contributed by atoms with Gasteiger partial charge >= 0.3 is 0 Å². The van der Waals surface area contributed by atoms with Crippen LogP contribution in [0.4, 0.5) is 4.39 Å². The van der Waals surface area contributed by atoms with Gasteiger partial charge in [-0.2, -0.15) is 0 Å². The molecule has 1 rings (SSSR count). The number of rotatable bonds is 14. The standard InChI is InChI=1S/C20H35FN2/c1-2-3-4-5-6-7-8-9-16-23-17-10-11-20(22)18-12-14-19(21)15-13-18/h12-15,20,23H,2-11,16-17,22H2,1H3. The summed E-state index contributed by atoms with van der Waals surface area (Å²) in [5.41, 5.74) is 7.15. The Hall–Kier alpha value is -0.930. The van der Waals surface area contributed by atoms with E-state index in [1.165, 1.54) is 63.5 Å². The van der Waals surface area contributed by atoms with Crippen molar-refractivity contribution in [3.63, 3.8) is 0 Å². The number of nitrogens with two attached hydrogens (primary N) is 1. The van der Waals surface area contributed by atoms with E-state index in [-0.39, 0.29) is 11.9 Å². The molecule has 23 heavy (non-hydrogen) atoms. The van der Waals surface area contributed by atoms with Crippen molar-refractivity contribution in [2.45, 2.75) is 77.2 Å². The Morgan fingerprint density at radius 1 is 0.870 bits per heavy atom. The van der Waals surface area contributed by atoms with Gasteiger partial charge in [-0.25, -0.2) is 4.39 Å². The summed E-state index contributed by atoms with van der Waals surface area (Å²) < 4.78 is 12.9. The van der Waals surface area contributed by atoms with Crippen molar-refractivity contribution in [2.75, 3.05) is 13.1 Å². The van der Waals surface area contributed by atoms with Gasteiger partial charge in [-0.1, -0.05) is 64.0 Å². The largest absolute Gasteiger partial charge is 0.324 e. The second-order valence-corrected chi connectivity index (χ2v) is 6.53. The minimum Gasteiger partial charge on any atom is -0.324 e. The van der Waals surface area contributed by atoms with E-state index in [0.717, 1.165) is 31.5 Å². The van der Waals surface area contributed by atoms with E-state index in [9.17, 15) is 4.39 Å². The van der Waals surface area contributed by atoms with E-state index in [4.69, 9.17) is 5.73 Å². The molecule has 0 spiro atoms. The second kappa shape index (κ2) is 13.5. The molecular weight excluding hydrogens is 287 g/mol. The molecule has 132 valence electrons. The van der Waals surface area contributed by atoms with Crippen LogP contribution in [-0.2, 0) is 0 Å². The highest BCUT2D eigenvalue weighted by atomic mass is 19.1. The van der Waals surface area contributed by atoms with E-state index in [2.05, 4.69) is 12.2 Å². The molecule has 0 fully saturated rings. The Kier molecular flexibility index (Phi) is 11.8. The maximum atomic E-state index is 12.9. The summed E-state index contributed by atoms with van der Waals surface area (Å²) >= 11 is 0. The van der Waals surface area contributed by atoms with Crippen molar-refractivity contribution in [3.8, 4) is 0 Å². The number of benzene rings is 1. The van der Waals surface area contributed by atoms with E-state index in [0.29, 0.717) is 0 Å². The molecule has 1 unspecified atom stereocenters. The van der Waals surface area contributed by atoms with E-state index in [1.54, 1.807) is 12.1 Å². The van der Waals surface area contributed by atoms with Gasteiger partial charge in [-0.15, -0.1) is 0 Å². The van der Waals surface area contributed by atoms with Crippen molar-refractivity contribution >= 4 is 0 Å². The van der Waals surface area contributed by atoms with Crippen LogP contribution in [0.2, 0.25) is 0 Å². The lowest BCUT2D eigenvalue weighted by Crippen LogP contribution is -2.19. The average Bonchev–Trinajstić information content (AvgIpc) is 2.56. The fourth-order valence-electron chi connectivity index (χ4n) is 2.83. The van der Waals surface area contributed by atoms with Crippen LogP contribution in [0.5, 0.6) is 0 Å². The smallest absolute Gasteiger partial charge is 0.123 e. The molecule has 0 aromatic heterocycles. The van der Waals surface area contributed by atoms with Crippen molar-refractivity contribution in [2.24, 2.45) is 5.73 Å². The van der Waals surface area contributed by atoms with Crippen LogP contribution in [0.1, 0.15) is 82.7 Å². The molecular formula is C20H35FN2. The molecule has 0 aliphatic carbocycles. The fraction of sp³-hybridized carbons (Fsp3) is 0.700. The normalized spacial score (nSPS) is 12.5. The number of unbranched alkanes of at least 4 members (excludes halogenated alkanes) is 7. The number of halogens is 1. The van der Waals surface area contributed by atoms with Gasteiger partial charge in [0.1, 0.15) is 5.82 Å². The van der Waals surface area contributed by atoms with Gasteiger partial charge in [0.05, 0.1) is 0 Å². The van der Waals surface area contributed by atoms with Gasteiger partial charge in [0, 0.05) is 6.04 Å². The Bertz CT molecular complexity index is 378. The molecule has 1 aromatic rings. The Balaban J connectivity index is 1.88. The zero-order valence-electron chi connectivity index (χ0n) is 14.8. The number of hydrogen-bond acceptors (Lipinski definition) is 2. The highest BCUT2D eigenvalue weighted by molar-refractivity contribution is 5.19. The lowest BCUT2D eigenvalue weighted by atomic mass is 10.0. The molecule has 1 atom stereocenters. The minimum absolute atomic E-state index is 0.0144. The van der Waals surface area contributed by atoms with Crippen LogP contribution < -0.4 is 11.1 Å². The molecule has 0 saturated heterocycles. The van der Waals surface area contributed by atoms with Crippen LogP contribution in [0.25, 0.3) is 0 Å². The van der Waals surface area contributed by atoms with Gasteiger partial charge in [-0.05, 0) is 50.0 Å². The Morgan fingerprint density at radius 3 is 2.09 bits per heavy atom. The highest BCUT2D eigenvalue weighted by Crippen LogP contribution is 2.15. The molecule has 0 aliphatic rings. The van der Waals surface area contributed by atoms with Crippen LogP contribution in [0.3, 0.4) is 0 Å². The molecule has 0 aliphatic heterocycles.